The van der Waals surface area contributed by atoms with Gasteiger partial charge in [-0.05, 0) is 38.3 Å². The van der Waals surface area contributed by atoms with E-state index in [9.17, 15) is 0 Å². The Labute approximate surface area is 143 Å². The van der Waals surface area contributed by atoms with Crippen molar-refractivity contribution >= 4 is 5.82 Å². The number of nitrogens with one attached hydrogen (secondary N) is 2. The number of rotatable bonds is 6. The molecule has 3 heterocycles. The molecule has 5 heteroatoms. The average molecular weight is 326 g/mol. The van der Waals surface area contributed by atoms with Gasteiger partial charge in [-0.1, -0.05) is 12.8 Å². The van der Waals surface area contributed by atoms with E-state index >= 15 is 0 Å². The first kappa shape index (κ1) is 15.6. The smallest absolute Gasteiger partial charge is 0.134 e. The van der Waals surface area contributed by atoms with Crippen LogP contribution < -0.4 is 10.6 Å². The summed E-state index contributed by atoms with van der Waals surface area (Å²) in [5, 5.41) is 7.05. The maximum atomic E-state index is 5.43. The topological polar surface area (TPSA) is 63.0 Å². The Hall–Kier alpha value is -1.88. The lowest BCUT2D eigenvalue weighted by Gasteiger charge is -2.18. The second kappa shape index (κ2) is 6.93. The summed E-state index contributed by atoms with van der Waals surface area (Å²) in [7, 11) is 0. The molecule has 0 amide bonds. The van der Waals surface area contributed by atoms with E-state index < -0.39 is 0 Å². The molecular formula is C19H26N4O. The molecule has 2 N–H and O–H groups in total. The molecule has 1 fully saturated rings. The number of fused-ring (bicyclic) bond motifs is 1. The van der Waals surface area contributed by atoms with E-state index in [0.717, 1.165) is 43.3 Å². The highest BCUT2D eigenvalue weighted by Gasteiger charge is 2.25. The molecule has 1 aliphatic heterocycles. The predicted molar refractivity (Wildman–Crippen MR) is 93.9 cm³/mol. The van der Waals surface area contributed by atoms with E-state index in [0.29, 0.717) is 12.0 Å². The Morgan fingerprint density at radius 2 is 2.17 bits per heavy atom. The van der Waals surface area contributed by atoms with E-state index in [-0.39, 0.29) is 0 Å². The summed E-state index contributed by atoms with van der Waals surface area (Å²) in [6.07, 6.45) is 8.81. The Kier molecular flexibility index (Phi) is 4.52. The molecule has 0 bridgehead atoms. The lowest BCUT2D eigenvalue weighted by molar-refractivity contribution is 0.494. The summed E-state index contributed by atoms with van der Waals surface area (Å²) in [5.41, 5.74) is 2.44. The van der Waals surface area contributed by atoms with E-state index in [1.165, 1.54) is 36.9 Å². The van der Waals surface area contributed by atoms with Crippen LogP contribution in [-0.2, 0) is 19.5 Å². The minimum Gasteiger partial charge on any atom is -0.469 e. The Morgan fingerprint density at radius 3 is 2.96 bits per heavy atom. The fraction of sp³-hybridized carbons (Fsp3) is 0.579. The third kappa shape index (κ3) is 3.31. The summed E-state index contributed by atoms with van der Waals surface area (Å²) >= 11 is 0. The zero-order chi connectivity index (χ0) is 16.4. The van der Waals surface area contributed by atoms with Gasteiger partial charge in [-0.3, -0.25) is 0 Å². The van der Waals surface area contributed by atoms with Crippen LogP contribution in [0.4, 0.5) is 5.82 Å². The highest BCUT2D eigenvalue weighted by molar-refractivity contribution is 5.49. The van der Waals surface area contributed by atoms with Crippen LogP contribution >= 0.6 is 0 Å². The largest absolute Gasteiger partial charge is 0.469 e. The monoisotopic (exact) mass is 326 g/mol. The molecule has 1 saturated carbocycles. The van der Waals surface area contributed by atoms with Crippen LogP contribution in [0, 0.1) is 0 Å². The minimum atomic E-state index is 0.353. The number of aromatic nitrogens is 2. The van der Waals surface area contributed by atoms with E-state index in [2.05, 4.69) is 17.6 Å². The van der Waals surface area contributed by atoms with Crippen molar-refractivity contribution in [1.29, 1.82) is 0 Å². The molecule has 0 spiro atoms. The highest BCUT2D eigenvalue weighted by Crippen LogP contribution is 2.34. The molecule has 1 aliphatic carbocycles. The second-order valence-electron chi connectivity index (χ2n) is 7.10. The summed E-state index contributed by atoms with van der Waals surface area (Å²) < 4.78 is 5.43. The molecule has 0 unspecified atom stereocenters. The Bertz CT molecular complexity index is 677. The van der Waals surface area contributed by atoms with Crippen LogP contribution in [-0.4, -0.2) is 16.0 Å². The summed E-state index contributed by atoms with van der Waals surface area (Å²) in [5.74, 6) is 3.69. The highest BCUT2D eigenvalue weighted by atomic mass is 16.3. The second-order valence-corrected chi connectivity index (χ2v) is 7.10. The molecular weight excluding hydrogens is 300 g/mol. The zero-order valence-electron chi connectivity index (χ0n) is 14.3. The Balaban J connectivity index is 1.48. The first-order valence-corrected chi connectivity index (χ1v) is 9.19. The van der Waals surface area contributed by atoms with Gasteiger partial charge in [-0.15, -0.1) is 0 Å². The molecule has 2 aromatic heterocycles. The van der Waals surface area contributed by atoms with Crippen molar-refractivity contribution in [2.45, 2.75) is 70.5 Å². The fourth-order valence-corrected chi connectivity index (χ4v) is 3.79. The number of aryl methyl sites for hydroxylation is 1. The van der Waals surface area contributed by atoms with Crippen molar-refractivity contribution in [2.75, 3.05) is 5.32 Å². The van der Waals surface area contributed by atoms with Gasteiger partial charge < -0.3 is 15.1 Å². The van der Waals surface area contributed by atoms with Crippen LogP contribution in [0.5, 0.6) is 0 Å². The molecule has 5 nitrogen and oxygen atoms in total. The van der Waals surface area contributed by atoms with Crippen molar-refractivity contribution in [3.05, 3.63) is 41.2 Å². The van der Waals surface area contributed by atoms with Gasteiger partial charge >= 0.3 is 0 Å². The standard InChI is InChI=1S/C19H26N4O/c1-13(8-9-15-7-4-10-24-15)21-19-16-11-20-12-17(16)22-18(23-19)14-5-2-3-6-14/h4,7,10,13-14,20H,2-3,5-6,8-9,11-12H2,1H3,(H,21,22,23)/t13-/m0/s1. The van der Waals surface area contributed by atoms with Gasteiger partial charge in [0.05, 0.1) is 12.0 Å². The van der Waals surface area contributed by atoms with Gasteiger partial charge in [-0.25, -0.2) is 9.97 Å². The lowest BCUT2D eigenvalue weighted by atomic mass is 10.1. The number of furan rings is 1. The van der Waals surface area contributed by atoms with Gasteiger partial charge in [0.2, 0.25) is 0 Å². The summed E-state index contributed by atoms with van der Waals surface area (Å²) in [4.78, 5) is 9.79. The van der Waals surface area contributed by atoms with Gasteiger partial charge in [0.25, 0.3) is 0 Å². The predicted octanol–water partition coefficient (Wildman–Crippen LogP) is 3.76. The van der Waals surface area contributed by atoms with Crippen molar-refractivity contribution in [3.63, 3.8) is 0 Å². The van der Waals surface area contributed by atoms with Crippen LogP contribution in [0.3, 0.4) is 0 Å². The quantitative estimate of drug-likeness (QED) is 0.846. The normalized spacial score (nSPS) is 18.7. The average Bonchev–Trinajstić information content (AvgIpc) is 3.33. The van der Waals surface area contributed by atoms with Crippen LogP contribution in [0.25, 0.3) is 0 Å². The van der Waals surface area contributed by atoms with E-state index in [1.54, 1.807) is 6.26 Å². The van der Waals surface area contributed by atoms with Crippen molar-refractivity contribution < 1.29 is 4.42 Å². The van der Waals surface area contributed by atoms with Crippen LogP contribution in [0.1, 0.15) is 67.8 Å². The van der Waals surface area contributed by atoms with Crippen molar-refractivity contribution in [3.8, 4) is 0 Å². The van der Waals surface area contributed by atoms with Gasteiger partial charge in [0.1, 0.15) is 17.4 Å². The summed E-state index contributed by atoms with van der Waals surface area (Å²) in [6.45, 7) is 3.95. The zero-order valence-corrected chi connectivity index (χ0v) is 14.3. The van der Waals surface area contributed by atoms with Gasteiger partial charge in [-0.2, -0.15) is 0 Å². The van der Waals surface area contributed by atoms with E-state index in [1.807, 2.05) is 12.1 Å². The molecule has 0 radical (unpaired) electrons. The third-order valence-corrected chi connectivity index (χ3v) is 5.21. The first-order valence-electron chi connectivity index (χ1n) is 9.19. The first-order chi connectivity index (χ1) is 11.8. The molecule has 0 aromatic carbocycles. The van der Waals surface area contributed by atoms with E-state index in [4.69, 9.17) is 14.4 Å². The molecule has 2 aromatic rings. The van der Waals surface area contributed by atoms with Crippen molar-refractivity contribution in [2.24, 2.45) is 0 Å². The maximum Gasteiger partial charge on any atom is 0.134 e. The number of nitrogens with zero attached hydrogens (tertiary/aromatic N) is 2. The summed E-state index contributed by atoms with van der Waals surface area (Å²) in [6, 6.07) is 4.34. The number of hydrogen-bond acceptors (Lipinski definition) is 5. The molecule has 2 aliphatic rings. The van der Waals surface area contributed by atoms with Crippen LogP contribution in [0.2, 0.25) is 0 Å². The van der Waals surface area contributed by atoms with Crippen molar-refractivity contribution in [1.82, 2.24) is 15.3 Å². The SMILES string of the molecule is C[C@@H](CCc1ccco1)Nc1nc(C2CCCC2)nc2c1CNC2. The van der Waals surface area contributed by atoms with Gasteiger partial charge in [0.15, 0.2) is 0 Å². The number of anilines is 1. The van der Waals surface area contributed by atoms with Crippen LogP contribution in [0.15, 0.2) is 22.8 Å². The lowest BCUT2D eigenvalue weighted by Crippen LogP contribution is -2.19. The third-order valence-electron chi connectivity index (χ3n) is 5.21. The molecule has 24 heavy (non-hydrogen) atoms. The molecule has 0 saturated heterocycles. The molecule has 128 valence electrons. The molecule has 4 rings (SSSR count). The number of hydrogen-bond donors (Lipinski definition) is 2. The van der Waals surface area contributed by atoms with Gasteiger partial charge in [0, 0.05) is 37.0 Å². The Morgan fingerprint density at radius 1 is 1.29 bits per heavy atom. The molecule has 1 atom stereocenters. The maximum absolute atomic E-state index is 5.43. The minimum absolute atomic E-state index is 0.353. The fourth-order valence-electron chi connectivity index (χ4n) is 3.79.